The van der Waals surface area contributed by atoms with Gasteiger partial charge >= 0.3 is 20.0 Å². The van der Waals surface area contributed by atoms with Gasteiger partial charge in [-0.25, -0.2) is 0 Å². The van der Waals surface area contributed by atoms with Gasteiger partial charge in [0.1, 0.15) is 0 Å². The van der Waals surface area contributed by atoms with Crippen LogP contribution in [-0.2, 0) is 42.6 Å². The molecule has 0 aliphatic rings. The van der Waals surface area contributed by atoms with Crippen molar-refractivity contribution in [1.82, 2.24) is 0 Å². The topological polar surface area (TPSA) is 127 Å². The van der Waals surface area contributed by atoms with Crippen LogP contribution in [-0.4, -0.2) is 88.6 Å². The molecule has 0 amide bonds. The molecule has 0 fully saturated rings. The van der Waals surface area contributed by atoms with Gasteiger partial charge in [-0.05, 0) is 18.4 Å². The highest BCUT2D eigenvalue weighted by Gasteiger charge is 2.29. The van der Waals surface area contributed by atoms with E-state index < -0.39 is 13.7 Å². The van der Waals surface area contributed by atoms with Gasteiger partial charge < -0.3 is 28.4 Å². The summed E-state index contributed by atoms with van der Waals surface area (Å²) in [4.78, 5) is 31.6. The third kappa shape index (κ3) is 18.6. The van der Waals surface area contributed by atoms with Crippen LogP contribution in [0.3, 0.4) is 0 Å². The van der Waals surface area contributed by atoms with E-state index >= 15 is 0 Å². The molecule has 0 aliphatic carbocycles. The Kier molecular flexibility index (Phi) is 19.3. The molecule has 2 atom stereocenters. The van der Waals surface area contributed by atoms with Gasteiger partial charge in [-0.1, -0.05) is 0 Å². The van der Waals surface area contributed by atoms with Crippen LogP contribution >= 0.6 is 8.03 Å². The standard InChI is InChI=1S/C18H33O10P/c1-3-27-17(19)6-9-24-12-14-25-13-11-23-8-5-16(29(21)22)15-26-10-7-18(20)28-4-2/h16H,3-15H2,1-2H3/p+1. The summed E-state index contributed by atoms with van der Waals surface area (Å²) in [5.74, 6) is -0.640. The molecule has 0 heterocycles. The molecule has 11 heteroatoms. The van der Waals surface area contributed by atoms with E-state index in [0.29, 0.717) is 59.3 Å². The molecule has 0 aromatic heterocycles. The van der Waals surface area contributed by atoms with Gasteiger partial charge in [0.2, 0.25) is 5.66 Å². The van der Waals surface area contributed by atoms with Gasteiger partial charge in [0.05, 0.1) is 78.9 Å². The number of carbonyl (C=O) groups excluding carboxylic acids is 2. The maximum absolute atomic E-state index is 11.4. The first-order chi connectivity index (χ1) is 14.0. The van der Waals surface area contributed by atoms with Crippen molar-refractivity contribution in [3.05, 3.63) is 0 Å². The third-order valence-electron chi connectivity index (χ3n) is 3.47. The second-order valence-corrected chi connectivity index (χ2v) is 7.10. The summed E-state index contributed by atoms with van der Waals surface area (Å²) in [7, 11) is -2.40. The molecule has 29 heavy (non-hydrogen) atoms. The van der Waals surface area contributed by atoms with Crippen molar-refractivity contribution in [2.45, 2.75) is 38.8 Å². The molecule has 170 valence electrons. The lowest BCUT2D eigenvalue weighted by Gasteiger charge is -2.09. The Balaban J connectivity index is 3.54. The molecule has 1 N–H and O–H groups in total. The molecule has 0 saturated heterocycles. The predicted molar refractivity (Wildman–Crippen MR) is 104 cm³/mol. The maximum Gasteiger partial charge on any atom is 0.511 e. The van der Waals surface area contributed by atoms with Gasteiger partial charge in [-0.3, -0.25) is 9.59 Å². The van der Waals surface area contributed by atoms with Gasteiger partial charge in [0.25, 0.3) is 0 Å². The second-order valence-electron chi connectivity index (χ2n) is 5.77. The predicted octanol–water partition coefficient (Wildman–Crippen LogP) is 1.45. The molecule has 0 aliphatic heterocycles. The van der Waals surface area contributed by atoms with Crippen LogP contribution in [0, 0.1) is 0 Å². The highest BCUT2D eigenvalue weighted by atomic mass is 31.1. The normalized spacial score (nSPS) is 12.4. The van der Waals surface area contributed by atoms with Gasteiger partial charge in [0, 0.05) is 6.42 Å². The number of carbonyl (C=O) groups is 2. The fourth-order valence-corrected chi connectivity index (χ4v) is 2.57. The third-order valence-corrected chi connectivity index (χ3v) is 4.51. The van der Waals surface area contributed by atoms with Crippen molar-refractivity contribution in [3.8, 4) is 0 Å². The number of rotatable bonds is 20. The molecule has 2 unspecified atom stereocenters. The SMILES string of the molecule is CCOC(=O)CCOCCOCCOCCC(COCCC(=O)OCC)[P+](=O)O. The molecule has 10 nitrogen and oxygen atoms in total. The first kappa shape index (κ1) is 27.8. The summed E-state index contributed by atoms with van der Waals surface area (Å²) in [6.07, 6.45) is 0.697. The summed E-state index contributed by atoms with van der Waals surface area (Å²) in [6, 6.07) is 0. The van der Waals surface area contributed by atoms with Crippen molar-refractivity contribution in [2.24, 2.45) is 0 Å². The number of ether oxygens (including phenoxy) is 6. The van der Waals surface area contributed by atoms with Crippen molar-refractivity contribution in [2.75, 3.05) is 66.1 Å². The maximum atomic E-state index is 11.4. The van der Waals surface area contributed by atoms with E-state index in [4.69, 9.17) is 28.4 Å². The number of esters is 2. The lowest BCUT2D eigenvalue weighted by molar-refractivity contribution is -0.145. The van der Waals surface area contributed by atoms with Crippen molar-refractivity contribution in [3.63, 3.8) is 0 Å². The van der Waals surface area contributed by atoms with Crippen LogP contribution in [0.1, 0.15) is 33.1 Å². The molecule has 0 bridgehead atoms. The summed E-state index contributed by atoms with van der Waals surface area (Å²) in [5, 5.41) is 0. The Bertz CT molecular complexity index is 446. The molecular formula is C18H34O10P+. The Morgan fingerprint density at radius 3 is 1.69 bits per heavy atom. The highest BCUT2D eigenvalue weighted by Crippen LogP contribution is 2.25. The Morgan fingerprint density at radius 1 is 0.759 bits per heavy atom. The summed E-state index contributed by atoms with van der Waals surface area (Å²) < 4.78 is 42.1. The van der Waals surface area contributed by atoms with Crippen LogP contribution in [0.25, 0.3) is 0 Å². The Hall–Kier alpha value is -1.16. The largest absolute Gasteiger partial charge is 0.511 e. The average molecular weight is 441 g/mol. The zero-order valence-corrected chi connectivity index (χ0v) is 18.2. The molecular weight excluding hydrogens is 407 g/mol. The molecule has 0 aromatic carbocycles. The van der Waals surface area contributed by atoms with Crippen LogP contribution in [0.15, 0.2) is 0 Å². The highest BCUT2D eigenvalue weighted by molar-refractivity contribution is 7.38. The smallest absolute Gasteiger partial charge is 0.466 e. The second kappa shape index (κ2) is 20.1. The zero-order valence-electron chi connectivity index (χ0n) is 17.3. The summed E-state index contributed by atoms with van der Waals surface area (Å²) in [5.41, 5.74) is -0.555. The van der Waals surface area contributed by atoms with E-state index in [-0.39, 0.29) is 38.0 Å². The van der Waals surface area contributed by atoms with Crippen LogP contribution in [0.4, 0.5) is 0 Å². The number of hydrogen-bond donors (Lipinski definition) is 1. The average Bonchev–Trinajstić information content (AvgIpc) is 2.67. The van der Waals surface area contributed by atoms with Gasteiger partial charge in [-0.15, -0.1) is 0 Å². The van der Waals surface area contributed by atoms with Crippen molar-refractivity contribution in [1.29, 1.82) is 0 Å². The quantitative estimate of drug-likeness (QED) is 0.168. The number of hydrogen-bond acceptors (Lipinski definition) is 9. The molecule has 0 spiro atoms. The Labute approximate surface area is 173 Å². The van der Waals surface area contributed by atoms with Crippen LogP contribution in [0.5, 0.6) is 0 Å². The van der Waals surface area contributed by atoms with Crippen molar-refractivity contribution < 1.29 is 47.5 Å². The lowest BCUT2D eigenvalue weighted by atomic mass is 10.3. The molecule has 0 rings (SSSR count). The van der Waals surface area contributed by atoms with Crippen molar-refractivity contribution >= 4 is 20.0 Å². The zero-order chi connectivity index (χ0) is 21.7. The van der Waals surface area contributed by atoms with E-state index in [1.165, 1.54) is 0 Å². The summed E-state index contributed by atoms with van der Waals surface area (Å²) in [6.45, 7) is 6.43. The van der Waals surface area contributed by atoms with Crippen LogP contribution in [0.2, 0.25) is 0 Å². The summed E-state index contributed by atoms with van der Waals surface area (Å²) >= 11 is 0. The van der Waals surface area contributed by atoms with E-state index in [1.54, 1.807) is 13.8 Å². The minimum Gasteiger partial charge on any atom is -0.466 e. The first-order valence-corrected chi connectivity index (χ1v) is 11.1. The van der Waals surface area contributed by atoms with Gasteiger partial charge in [0.15, 0.2) is 0 Å². The molecule has 0 saturated carbocycles. The Morgan fingerprint density at radius 2 is 1.21 bits per heavy atom. The minimum absolute atomic E-state index is 0.0775. The lowest BCUT2D eigenvalue weighted by Crippen LogP contribution is -2.18. The monoisotopic (exact) mass is 441 g/mol. The molecule has 0 aromatic rings. The fourth-order valence-electron chi connectivity index (χ4n) is 2.02. The van der Waals surface area contributed by atoms with Gasteiger partial charge in [-0.2, -0.15) is 4.89 Å². The van der Waals surface area contributed by atoms with Crippen LogP contribution < -0.4 is 0 Å². The fraction of sp³-hybridized carbons (Fsp3) is 0.889. The van der Waals surface area contributed by atoms with E-state index in [1.807, 2.05) is 0 Å². The van der Waals surface area contributed by atoms with E-state index in [0.717, 1.165) is 0 Å². The van der Waals surface area contributed by atoms with E-state index in [2.05, 4.69) is 0 Å². The minimum atomic E-state index is -2.40. The molecule has 0 radical (unpaired) electrons. The van der Waals surface area contributed by atoms with E-state index in [9.17, 15) is 19.0 Å². The first-order valence-electron chi connectivity index (χ1n) is 9.78.